The number of rotatable bonds is 7. The number of nitrogens with zero attached hydrogens (tertiary/aromatic N) is 2. The molecule has 0 atom stereocenters. The molecule has 0 saturated carbocycles. The Labute approximate surface area is 175 Å². The van der Waals surface area contributed by atoms with Crippen LogP contribution in [0.2, 0.25) is 0 Å². The molecule has 4 rings (SSSR count). The van der Waals surface area contributed by atoms with Crippen LogP contribution in [0.15, 0.2) is 108 Å². The van der Waals surface area contributed by atoms with Crippen molar-refractivity contribution in [2.45, 2.75) is 16.3 Å². The number of para-hydroxylation sites is 1. The zero-order valence-corrected chi connectivity index (χ0v) is 16.9. The van der Waals surface area contributed by atoms with Gasteiger partial charge in [0.25, 0.3) is 0 Å². The van der Waals surface area contributed by atoms with Crippen LogP contribution in [0.5, 0.6) is 0 Å². The molecule has 0 aliphatic heterocycles. The molecule has 2 aromatic carbocycles. The van der Waals surface area contributed by atoms with Crippen molar-refractivity contribution in [2.24, 2.45) is 0 Å². The van der Waals surface area contributed by atoms with Crippen LogP contribution in [-0.2, 0) is 16.4 Å². The van der Waals surface area contributed by atoms with Crippen LogP contribution < -0.4 is 10.6 Å². The summed E-state index contributed by atoms with van der Waals surface area (Å²) in [4.78, 5) is 8.68. The molecule has 0 amide bonds. The van der Waals surface area contributed by atoms with Crippen LogP contribution in [0.1, 0.15) is 5.56 Å². The van der Waals surface area contributed by atoms with Crippen LogP contribution in [0, 0.1) is 0 Å². The second kappa shape index (κ2) is 8.34. The van der Waals surface area contributed by atoms with E-state index in [1.54, 1.807) is 61.1 Å². The Morgan fingerprint density at radius 1 is 0.900 bits per heavy atom. The number of hydrogen-bond acceptors (Lipinski definition) is 6. The Kier molecular flexibility index (Phi) is 5.45. The number of benzene rings is 2. The fourth-order valence-corrected chi connectivity index (χ4v) is 4.50. The normalized spacial score (nSPS) is 11.2. The zero-order valence-electron chi connectivity index (χ0n) is 16.1. The van der Waals surface area contributed by atoms with E-state index in [4.69, 9.17) is 0 Å². The highest BCUT2D eigenvalue weighted by Gasteiger charge is 2.20. The monoisotopic (exact) mass is 416 g/mol. The van der Waals surface area contributed by atoms with Gasteiger partial charge in [0.05, 0.1) is 21.1 Å². The molecule has 150 valence electrons. The van der Waals surface area contributed by atoms with Crippen LogP contribution in [-0.4, -0.2) is 18.4 Å². The summed E-state index contributed by atoms with van der Waals surface area (Å²) < 4.78 is 26.3. The molecule has 0 saturated heterocycles. The fourth-order valence-electron chi connectivity index (χ4n) is 3.07. The van der Waals surface area contributed by atoms with E-state index in [1.165, 1.54) is 0 Å². The topological polar surface area (TPSA) is 84.0 Å². The maximum atomic E-state index is 13.1. The largest absolute Gasteiger partial charge is 0.368 e. The predicted molar refractivity (Wildman–Crippen MR) is 117 cm³/mol. The summed E-state index contributed by atoms with van der Waals surface area (Å²) in [5, 5.41) is 7.11. The molecule has 0 aliphatic rings. The van der Waals surface area contributed by atoms with Gasteiger partial charge >= 0.3 is 0 Å². The predicted octanol–water partition coefficient (Wildman–Crippen LogP) is 4.14. The van der Waals surface area contributed by atoms with Crippen LogP contribution >= 0.6 is 0 Å². The van der Waals surface area contributed by atoms with Crippen LogP contribution in [0.3, 0.4) is 0 Å². The average Bonchev–Trinajstić information content (AvgIpc) is 2.78. The first-order valence-electron chi connectivity index (χ1n) is 9.32. The number of sulfone groups is 1. The highest BCUT2D eigenvalue weighted by molar-refractivity contribution is 7.91. The lowest BCUT2D eigenvalue weighted by molar-refractivity contribution is 0.596. The van der Waals surface area contributed by atoms with Gasteiger partial charge in [-0.15, -0.1) is 0 Å². The summed E-state index contributed by atoms with van der Waals surface area (Å²) in [6.45, 7) is 4.45. The van der Waals surface area contributed by atoms with Crippen molar-refractivity contribution in [2.75, 3.05) is 5.32 Å². The van der Waals surface area contributed by atoms with Crippen molar-refractivity contribution >= 4 is 26.4 Å². The molecular formula is C23H20N4O2S. The van der Waals surface area contributed by atoms with Crippen molar-refractivity contribution in [1.82, 2.24) is 15.3 Å². The van der Waals surface area contributed by atoms with Gasteiger partial charge in [-0.3, -0.25) is 9.97 Å². The van der Waals surface area contributed by atoms with Crippen molar-refractivity contribution in [1.29, 1.82) is 0 Å². The minimum atomic E-state index is -3.67. The number of nitrogens with one attached hydrogen (secondary N) is 2. The van der Waals surface area contributed by atoms with Gasteiger partial charge in [0.2, 0.25) is 9.84 Å². The van der Waals surface area contributed by atoms with Gasteiger partial charge in [-0.05, 0) is 42.0 Å². The molecule has 30 heavy (non-hydrogen) atoms. The van der Waals surface area contributed by atoms with E-state index in [9.17, 15) is 8.42 Å². The Morgan fingerprint density at radius 3 is 2.40 bits per heavy atom. The number of hydrogen-bond donors (Lipinski definition) is 2. The van der Waals surface area contributed by atoms with E-state index in [-0.39, 0.29) is 9.79 Å². The first-order valence-corrected chi connectivity index (χ1v) is 10.8. The highest BCUT2D eigenvalue weighted by Crippen LogP contribution is 2.27. The molecule has 7 heteroatoms. The standard InChI is InChI=1S/C23H20N4O2S/c1-17(27-20-11-14-24-15-12-20)26-16-18-7-9-21(10-8-18)30(28,29)22-6-2-4-19-5-3-13-25-23(19)22/h2-15,26H,1,16H2,(H,24,27). The molecule has 0 fully saturated rings. The third kappa shape index (κ3) is 4.16. The van der Waals surface area contributed by atoms with Gasteiger partial charge in [0.1, 0.15) is 0 Å². The second-order valence-corrected chi connectivity index (χ2v) is 8.59. The first kappa shape index (κ1) is 19.6. The Bertz CT molecular complexity index is 1280. The number of anilines is 1. The lowest BCUT2D eigenvalue weighted by Gasteiger charge is -2.12. The third-order valence-corrected chi connectivity index (χ3v) is 6.40. The molecule has 0 radical (unpaired) electrons. The fraction of sp³-hybridized carbons (Fsp3) is 0.0435. The lowest BCUT2D eigenvalue weighted by Crippen LogP contribution is -2.18. The van der Waals surface area contributed by atoms with Gasteiger partial charge in [-0.25, -0.2) is 8.42 Å². The van der Waals surface area contributed by atoms with Crippen molar-refractivity contribution in [3.05, 3.63) is 103 Å². The number of aromatic nitrogens is 2. The van der Waals surface area contributed by atoms with Crippen molar-refractivity contribution in [3.8, 4) is 0 Å². The van der Waals surface area contributed by atoms with Gasteiger partial charge in [-0.1, -0.05) is 36.9 Å². The molecule has 0 unspecified atom stereocenters. The molecule has 2 N–H and O–H groups in total. The van der Waals surface area contributed by atoms with E-state index in [0.717, 1.165) is 16.6 Å². The van der Waals surface area contributed by atoms with Crippen molar-refractivity contribution < 1.29 is 8.42 Å². The summed E-state index contributed by atoms with van der Waals surface area (Å²) in [7, 11) is -3.67. The smallest absolute Gasteiger partial charge is 0.208 e. The summed E-state index contributed by atoms with van der Waals surface area (Å²) in [6.07, 6.45) is 4.99. The minimum absolute atomic E-state index is 0.210. The maximum absolute atomic E-state index is 13.1. The van der Waals surface area contributed by atoms with Gasteiger partial charge in [0, 0.05) is 36.2 Å². The van der Waals surface area contributed by atoms with E-state index < -0.39 is 9.84 Å². The van der Waals surface area contributed by atoms with Gasteiger partial charge in [0.15, 0.2) is 0 Å². The molecule has 6 nitrogen and oxygen atoms in total. The van der Waals surface area contributed by atoms with Gasteiger partial charge < -0.3 is 10.6 Å². The number of pyridine rings is 2. The summed E-state index contributed by atoms with van der Waals surface area (Å²) in [5.41, 5.74) is 2.29. The van der Waals surface area contributed by atoms with Crippen molar-refractivity contribution in [3.63, 3.8) is 0 Å². The quantitative estimate of drug-likeness (QED) is 0.471. The molecule has 2 aromatic heterocycles. The van der Waals surface area contributed by atoms with E-state index in [2.05, 4.69) is 27.2 Å². The highest BCUT2D eigenvalue weighted by atomic mass is 32.2. The van der Waals surface area contributed by atoms with E-state index >= 15 is 0 Å². The van der Waals surface area contributed by atoms with E-state index in [1.807, 2.05) is 24.3 Å². The molecule has 4 aromatic rings. The first-order chi connectivity index (χ1) is 14.5. The zero-order chi connectivity index (χ0) is 21.0. The van der Waals surface area contributed by atoms with Crippen LogP contribution in [0.4, 0.5) is 5.69 Å². The maximum Gasteiger partial charge on any atom is 0.208 e. The van der Waals surface area contributed by atoms with Crippen LogP contribution in [0.25, 0.3) is 10.9 Å². The summed E-state index contributed by atoms with van der Waals surface area (Å²) in [5.74, 6) is 0.639. The molecule has 0 spiro atoms. The Balaban J connectivity index is 1.48. The summed E-state index contributed by atoms with van der Waals surface area (Å²) in [6, 6.07) is 19.3. The molecule has 2 heterocycles. The van der Waals surface area contributed by atoms with E-state index in [0.29, 0.717) is 17.9 Å². The minimum Gasteiger partial charge on any atom is -0.368 e. The molecule has 0 bridgehead atoms. The number of fused-ring (bicyclic) bond motifs is 1. The average molecular weight is 417 g/mol. The second-order valence-electron chi connectivity index (χ2n) is 6.67. The lowest BCUT2D eigenvalue weighted by atomic mass is 10.2. The Hall–Kier alpha value is -3.71. The summed E-state index contributed by atoms with van der Waals surface area (Å²) >= 11 is 0. The molecular weight excluding hydrogens is 396 g/mol. The Morgan fingerprint density at radius 2 is 1.63 bits per heavy atom. The third-order valence-electron chi connectivity index (χ3n) is 4.60. The molecule has 0 aliphatic carbocycles. The SMILES string of the molecule is C=C(NCc1ccc(S(=O)(=O)c2cccc3cccnc23)cc1)Nc1ccncc1. The van der Waals surface area contributed by atoms with Gasteiger partial charge in [-0.2, -0.15) is 0 Å².